The molecule has 1 N–H and O–H groups in total. The minimum absolute atomic E-state index is 0.248. The molecule has 0 spiro atoms. The molecule has 0 bridgehead atoms. The lowest BCUT2D eigenvalue weighted by molar-refractivity contribution is 0.394. The van der Waals surface area contributed by atoms with Crippen molar-refractivity contribution in [2.45, 2.75) is 52.1 Å². The summed E-state index contributed by atoms with van der Waals surface area (Å²) in [5, 5.41) is 4.75. The molecule has 2 aromatic rings. The van der Waals surface area contributed by atoms with Crippen LogP contribution in [0.25, 0.3) is 11.0 Å². The maximum atomic E-state index is 5.91. The number of hydrogen-bond acceptors (Lipinski definition) is 2. The third-order valence-corrected chi connectivity index (χ3v) is 3.94. The molecule has 0 fully saturated rings. The number of nitrogens with one attached hydrogen (secondary N) is 1. The first kappa shape index (κ1) is 14.6. The third kappa shape index (κ3) is 3.83. The standard InChI is InChI=1S/C16H22BrNO/c1-4-5-6-11(2)18-12(3)16-10-13-9-14(17)7-8-15(13)19-16/h7-12,18H,4-6H2,1-3H3. The molecule has 2 unspecified atom stereocenters. The van der Waals surface area contributed by atoms with Crippen molar-refractivity contribution in [1.29, 1.82) is 0 Å². The third-order valence-electron chi connectivity index (χ3n) is 3.45. The van der Waals surface area contributed by atoms with Crippen LogP contribution in [0.5, 0.6) is 0 Å². The highest BCUT2D eigenvalue weighted by molar-refractivity contribution is 9.10. The van der Waals surface area contributed by atoms with E-state index in [1.54, 1.807) is 0 Å². The van der Waals surface area contributed by atoms with Crippen LogP contribution in [-0.2, 0) is 0 Å². The molecule has 0 aliphatic carbocycles. The lowest BCUT2D eigenvalue weighted by atomic mass is 10.1. The number of fused-ring (bicyclic) bond motifs is 1. The quantitative estimate of drug-likeness (QED) is 0.767. The lowest BCUT2D eigenvalue weighted by Crippen LogP contribution is -2.28. The smallest absolute Gasteiger partial charge is 0.134 e. The van der Waals surface area contributed by atoms with Gasteiger partial charge in [0.2, 0.25) is 0 Å². The van der Waals surface area contributed by atoms with E-state index < -0.39 is 0 Å². The van der Waals surface area contributed by atoms with Gasteiger partial charge in [-0.2, -0.15) is 0 Å². The maximum absolute atomic E-state index is 5.91. The van der Waals surface area contributed by atoms with Crippen LogP contribution in [0, 0.1) is 0 Å². The van der Waals surface area contributed by atoms with Gasteiger partial charge in [-0.3, -0.25) is 0 Å². The van der Waals surface area contributed by atoms with E-state index in [2.05, 4.69) is 54.2 Å². The van der Waals surface area contributed by atoms with E-state index >= 15 is 0 Å². The first-order chi connectivity index (χ1) is 9.10. The highest BCUT2D eigenvalue weighted by Gasteiger charge is 2.13. The van der Waals surface area contributed by atoms with Gasteiger partial charge in [0.1, 0.15) is 11.3 Å². The van der Waals surface area contributed by atoms with Crippen LogP contribution >= 0.6 is 15.9 Å². The molecule has 0 saturated carbocycles. The Morgan fingerprint density at radius 1 is 1.26 bits per heavy atom. The molecule has 2 rings (SSSR count). The number of rotatable bonds is 6. The Bertz CT molecular complexity index is 535. The van der Waals surface area contributed by atoms with Crippen LogP contribution in [0.2, 0.25) is 0 Å². The van der Waals surface area contributed by atoms with Crippen LogP contribution in [-0.4, -0.2) is 6.04 Å². The minimum Gasteiger partial charge on any atom is -0.459 e. The zero-order valence-electron chi connectivity index (χ0n) is 11.9. The van der Waals surface area contributed by atoms with Crippen LogP contribution in [0.15, 0.2) is 33.2 Å². The Morgan fingerprint density at radius 2 is 2.05 bits per heavy atom. The Hall–Kier alpha value is -0.800. The molecule has 2 nitrogen and oxygen atoms in total. The van der Waals surface area contributed by atoms with Gasteiger partial charge in [-0.25, -0.2) is 0 Å². The Labute approximate surface area is 123 Å². The summed E-state index contributed by atoms with van der Waals surface area (Å²) in [6.45, 7) is 6.63. The molecule has 0 aliphatic rings. The molecule has 0 saturated heterocycles. The van der Waals surface area contributed by atoms with Crippen molar-refractivity contribution in [1.82, 2.24) is 5.32 Å². The summed E-state index contributed by atoms with van der Waals surface area (Å²) in [5.74, 6) is 1.01. The van der Waals surface area contributed by atoms with Gasteiger partial charge in [-0.1, -0.05) is 35.7 Å². The summed E-state index contributed by atoms with van der Waals surface area (Å²) in [5.41, 5.74) is 0.952. The Kier molecular flexibility index (Phi) is 5.06. The summed E-state index contributed by atoms with van der Waals surface area (Å²) in [6.07, 6.45) is 3.74. The number of unbranched alkanes of at least 4 members (excludes halogenated alkanes) is 1. The fraction of sp³-hybridized carbons (Fsp3) is 0.500. The second-order valence-electron chi connectivity index (χ2n) is 5.26. The highest BCUT2D eigenvalue weighted by atomic mass is 79.9. The molecule has 2 atom stereocenters. The van der Waals surface area contributed by atoms with Gasteiger partial charge in [0, 0.05) is 15.9 Å². The van der Waals surface area contributed by atoms with Gasteiger partial charge < -0.3 is 9.73 Å². The topological polar surface area (TPSA) is 25.2 Å². The van der Waals surface area contributed by atoms with Crippen molar-refractivity contribution >= 4 is 26.9 Å². The molecule has 104 valence electrons. The molecule has 0 aliphatic heterocycles. The van der Waals surface area contributed by atoms with Gasteiger partial charge in [0.25, 0.3) is 0 Å². The van der Waals surface area contributed by atoms with Crippen molar-refractivity contribution in [3.05, 3.63) is 34.5 Å². The molecule has 1 heterocycles. The number of benzene rings is 1. The van der Waals surface area contributed by atoms with Gasteiger partial charge >= 0.3 is 0 Å². The van der Waals surface area contributed by atoms with Gasteiger partial charge in [-0.15, -0.1) is 0 Å². The predicted octanol–water partition coefficient (Wildman–Crippen LogP) is 5.42. The maximum Gasteiger partial charge on any atom is 0.134 e. The summed E-state index contributed by atoms with van der Waals surface area (Å²) in [7, 11) is 0. The minimum atomic E-state index is 0.248. The van der Waals surface area contributed by atoms with E-state index in [4.69, 9.17) is 4.42 Å². The van der Waals surface area contributed by atoms with E-state index in [-0.39, 0.29) is 6.04 Å². The van der Waals surface area contributed by atoms with Crippen molar-refractivity contribution in [2.75, 3.05) is 0 Å². The molecule has 0 amide bonds. The first-order valence-electron chi connectivity index (χ1n) is 7.05. The van der Waals surface area contributed by atoms with Crippen LogP contribution in [0.1, 0.15) is 51.8 Å². The van der Waals surface area contributed by atoms with Crippen molar-refractivity contribution < 1.29 is 4.42 Å². The van der Waals surface area contributed by atoms with Crippen molar-refractivity contribution in [3.63, 3.8) is 0 Å². The Morgan fingerprint density at radius 3 is 2.79 bits per heavy atom. The highest BCUT2D eigenvalue weighted by Crippen LogP contribution is 2.26. The summed E-state index contributed by atoms with van der Waals surface area (Å²) >= 11 is 3.49. The molecule has 1 aromatic heterocycles. The monoisotopic (exact) mass is 323 g/mol. The van der Waals surface area contributed by atoms with E-state index in [1.807, 2.05) is 12.1 Å². The van der Waals surface area contributed by atoms with Gasteiger partial charge in [0.15, 0.2) is 0 Å². The average molecular weight is 324 g/mol. The van der Waals surface area contributed by atoms with Crippen molar-refractivity contribution in [3.8, 4) is 0 Å². The molecule has 0 radical (unpaired) electrons. The van der Waals surface area contributed by atoms with E-state index in [9.17, 15) is 0 Å². The summed E-state index contributed by atoms with van der Waals surface area (Å²) in [4.78, 5) is 0. The zero-order valence-corrected chi connectivity index (χ0v) is 13.5. The second-order valence-corrected chi connectivity index (χ2v) is 6.18. The lowest BCUT2D eigenvalue weighted by Gasteiger charge is -2.18. The second kappa shape index (κ2) is 6.58. The number of furan rings is 1. The van der Waals surface area contributed by atoms with Gasteiger partial charge in [-0.05, 0) is 44.5 Å². The molecular weight excluding hydrogens is 302 g/mol. The van der Waals surface area contributed by atoms with E-state index in [0.29, 0.717) is 6.04 Å². The summed E-state index contributed by atoms with van der Waals surface area (Å²) < 4.78 is 6.99. The normalized spacial score (nSPS) is 14.7. The number of halogens is 1. The largest absolute Gasteiger partial charge is 0.459 e. The molecule has 19 heavy (non-hydrogen) atoms. The van der Waals surface area contributed by atoms with Crippen LogP contribution in [0.4, 0.5) is 0 Å². The Balaban J connectivity index is 2.06. The van der Waals surface area contributed by atoms with Crippen molar-refractivity contribution in [2.24, 2.45) is 0 Å². The van der Waals surface area contributed by atoms with Gasteiger partial charge in [0.05, 0.1) is 6.04 Å². The first-order valence-corrected chi connectivity index (χ1v) is 7.84. The number of hydrogen-bond donors (Lipinski definition) is 1. The molecule has 1 aromatic carbocycles. The molecular formula is C16H22BrNO. The van der Waals surface area contributed by atoms with E-state index in [1.165, 1.54) is 19.3 Å². The fourth-order valence-electron chi connectivity index (χ4n) is 2.35. The van der Waals surface area contributed by atoms with Crippen LogP contribution < -0.4 is 5.32 Å². The van der Waals surface area contributed by atoms with E-state index in [0.717, 1.165) is 21.2 Å². The predicted molar refractivity (Wildman–Crippen MR) is 84.5 cm³/mol. The average Bonchev–Trinajstić information content (AvgIpc) is 2.79. The van der Waals surface area contributed by atoms with Crippen LogP contribution in [0.3, 0.4) is 0 Å². The SMILES string of the molecule is CCCCC(C)NC(C)c1cc2cc(Br)ccc2o1. The molecule has 3 heteroatoms. The summed E-state index contributed by atoms with van der Waals surface area (Å²) in [6, 6.07) is 9.01. The fourth-order valence-corrected chi connectivity index (χ4v) is 2.73. The zero-order chi connectivity index (χ0) is 13.8.